The van der Waals surface area contributed by atoms with Crippen LogP contribution in [-0.2, 0) is 12.8 Å². The molecule has 118 valence electrons. The van der Waals surface area contributed by atoms with Gasteiger partial charge in [0.15, 0.2) is 0 Å². The van der Waals surface area contributed by atoms with Gasteiger partial charge in [0.05, 0.1) is 0 Å². The van der Waals surface area contributed by atoms with E-state index in [2.05, 4.69) is 17.1 Å². The molecule has 1 aliphatic rings. The number of anilines is 1. The van der Waals surface area contributed by atoms with E-state index < -0.39 is 0 Å². The van der Waals surface area contributed by atoms with E-state index in [0.717, 1.165) is 52.0 Å². The van der Waals surface area contributed by atoms with Crippen LogP contribution in [0.5, 0.6) is 0 Å². The number of nitrogen functional groups attached to an aromatic ring is 1. The lowest BCUT2D eigenvalue weighted by Gasteiger charge is -2.12. The Bertz CT molecular complexity index is 944. The number of benzene rings is 2. The largest absolute Gasteiger partial charge is 0.399 e. The van der Waals surface area contributed by atoms with Gasteiger partial charge in [0.2, 0.25) is 0 Å². The molecule has 0 saturated heterocycles. The minimum atomic E-state index is -0.198. The molecule has 1 aromatic heterocycles. The molecule has 2 aromatic carbocycles. The van der Waals surface area contributed by atoms with E-state index in [1.165, 1.54) is 6.07 Å². The molecule has 4 rings (SSSR count). The van der Waals surface area contributed by atoms with Crippen LogP contribution in [-0.4, -0.2) is 4.98 Å². The summed E-state index contributed by atoms with van der Waals surface area (Å²) in [6.45, 7) is 0. The van der Waals surface area contributed by atoms with Crippen LogP contribution in [0.15, 0.2) is 60.8 Å². The number of nitrogens with zero attached hydrogens (tertiary/aromatic N) is 1. The van der Waals surface area contributed by atoms with Crippen LogP contribution in [0.25, 0.3) is 11.6 Å². The fourth-order valence-electron chi connectivity index (χ4n) is 3.28. The van der Waals surface area contributed by atoms with Crippen molar-refractivity contribution >= 4 is 17.3 Å². The van der Waals surface area contributed by atoms with Crippen LogP contribution in [0.3, 0.4) is 0 Å². The molecule has 24 heavy (non-hydrogen) atoms. The van der Waals surface area contributed by atoms with Gasteiger partial charge in [0.1, 0.15) is 5.82 Å². The third-order valence-electron chi connectivity index (χ3n) is 4.39. The van der Waals surface area contributed by atoms with Gasteiger partial charge in [-0.3, -0.25) is 4.98 Å². The zero-order valence-corrected chi connectivity index (χ0v) is 13.2. The lowest BCUT2D eigenvalue weighted by molar-refractivity contribution is 0.625. The molecular formula is C21H17FN2. The minimum Gasteiger partial charge on any atom is -0.399 e. The number of aryl methyl sites for hydroxylation is 2. The third kappa shape index (κ3) is 2.69. The summed E-state index contributed by atoms with van der Waals surface area (Å²) < 4.78 is 13.7. The van der Waals surface area contributed by atoms with Gasteiger partial charge in [-0.15, -0.1) is 0 Å². The summed E-state index contributed by atoms with van der Waals surface area (Å²) in [5.74, 6) is -0.198. The van der Waals surface area contributed by atoms with Gasteiger partial charge in [-0.25, -0.2) is 4.39 Å². The Labute approximate surface area is 140 Å². The molecule has 1 aliphatic carbocycles. The molecule has 3 heteroatoms. The standard InChI is InChI=1S/C21H17FN2/c22-16-7-8-18-15(13-16)6-9-21-19(5-2-10-24-21)20(18)12-14-3-1-4-17(23)11-14/h1-5,7-8,10-13H,6,9,23H2/b20-12-. The SMILES string of the molecule is Nc1cccc(/C=C2/c3ccc(F)cc3CCc3ncccc32)c1. The average Bonchev–Trinajstić information content (AvgIpc) is 2.73. The lowest BCUT2D eigenvalue weighted by atomic mass is 9.93. The number of hydrogen-bond donors (Lipinski definition) is 1. The van der Waals surface area contributed by atoms with Crippen molar-refractivity contribution in [1.29, 1.82) is 0 Å². The van der Waals surface area contributed by atoms with Crippen molar-refractivity contribution in [3.05, 3.63) is 94.6 Å². The van der Waals surface area contributed by atoms with Gasteiger partial charge in [-0.05, 0) is 71.5 Å². The maximum absolute atomic E-state index is 13.7. The molecule has 0 amide bonds. The van der Waals surface area contributed by atoms with Crippen LogP contribution in [0.1, 0.15) is 27.9 Å². The van der Waals surface area contributed by atoms with Gasteiger partial charge >= 0.3 is 0 Å². The van der Waals surface area contributed by atoms with Crippen molar-refractivity contribution in [1.82, 2.24) is 4.98 Å². The van der Waals surface area contributed by atoms with E-state index in [-0.39, 0.29) is 5.82 Å². The Hall–Kier alpha value is -2.94. The number of nitrogens with two attached hydrogens (primary N) is 1. The van der Waals surface area contributed by atoms with Crippen LogP contribution < -0.4 is 5.73 Å². The molecule has 0 saturated carbocycles. The molecule has 3 aromatic rings. The van der Waals surface area contributed by atoms with Crippen LogP contribution in [0, 0.1) is 5.82 Å². The lowest BCUT2D eigenvalue weighted by Crippen LogP contribution is -1.95. The van der Waals surface area contributed by atoms with Crippen molar-refractivity contribution in [3.63, 3.8) is 0 Å². The number of halogens is 1. The highest BCUT2D eigenvalue weighted by atomic mass is 19.1. The maximum Gasteiger partial charge on any atom is 0.123 e. The molecule has 0 spiro atoms. The molecule has 0 fully saturated rings. The summed E-state index contributed by atoms with van der Waals surface area (Å²) in [5.41, 5.74) is 13.0. The van der Waals surface area contributed by atoms with E-state index >= 15 is 0 Å². The first-order valence-corrected chi connectivity index (χ1v) is 8.01. The molecule has 0 bridgehead atoms. The Morgan fingerprint density at radius 1 is 0.958 bits per heavy atom. The monoisotopic (exact) mass is 316 g/mol. The predicted octanol–water partition coefficient (Wildman–Crippen LogP) is 4.49. The van der Waals surface area contributed by atoms with Gasteiger partial charge in [0, 0.05) is 23.1 Å². The summed E-state index contributed by atoms with van der Waals surface area (Å²) in [4.78, 5) is 4.53. The molecular weight excluding hydrogens is 299 g/mol. The first-order chi connectivity index (χ1) is 11.7. The van der Waals surface area contributed by atoms with Gasteiger partial charge in [0.25, 0.3) is 0 Å². The maximum atomic E-state index is 13.7. The van der Waals surface area contributed by atoms with E-state index in [0.29, 0.717) is 0 Å². The number of fused-ring (bicyclic) bond motifs is 2. The second-order valence-corrected chi connectivity index (χ2v) is 6.03. The minimum absolute atomic E-state index is 0.198. The molecule has 0 unspecified atom stereocenters. The summed E-state index contributed by atoms with van der Waals surface area (Å²) in [6.07, 6.45) is 5.51. The van der Waals surface area contributed by atoms with E-state index in [9.17, 15) is 4.39 Å². The molecule has 0 aliphatic heterocycles. The molecule has 1 heterocycles. The van der Waals surface area contributed by atoms with Crippen molar-refractivity contribution < 1.29 is 4.39 Å². The second kappa shape index (κ2) is 5.93. The Morgan fingerprint density at radius 2 is 1.88 bits per heavy atom. The van der Waals surface area contributed by atoms with E-state index in [1.54, 1.807) is 6.07 Å². The number of rotatable bonds is 1. The van der Waals surface area contributed by atoms with Crippen LogP contribution >= 0.6 is 0 Å². The highest BCUT2D eigenvalue weighted by molar-refractivity contribution is 5.93. The first kappa shape index (κ1) is 14.6. The summed E-state index contributed by atoms with van der Waals surface area (Å²) >= 11 is 0. The smallest absolute Gasteiger partial charge is 0.123 e. The molecule has 0 radical (unpaired) electrons. The van der Waals surface area contributed by atoms with Gasteiger partial charge in [-0.1, -0.05) is 24.3 Å². The number of hydrogen-bond acceptors (Lipinski definition) is 2. The second-order valence-electron chi connectivity index (χ2n) is 6.03. The Morgan fingerprint density at radius 3 is 2.75 bits per heavy atom. The third-order valence-corrected chi connectivity index (χ3v) is 4.39. The van der Waals surface area contributed by atoms with Gasteiger partial charge in [-0.2, -0.15) is 0 Å². The van der Waals surface area contributed by atoms with E-state index in [4.69, 9.17) is 5.73 Å². The van der Waals surface area contributed by atoms with Crippen molar-refractivity contribution in [3.8, 4) is 0 Å². The highest BCUT2D eigenvalue weighted by Gasteiger charge is 2.19. The summed E-state index contributed by atoms with van der Waals surface area (Å²) in [5, 5.41) is 0. The fraction of sp³-hybridized carbons (Fsp3) is 0.0952. The molecule has 0 atom stereocenters. The van der Waals surface area contributed by atoms with Gasteiger partial charge < -0.3 is 5.73 Å². The van der Waals surface area contributed by atoms with E-state index in [1.807, 2.05) is 42.6 Å². The quantitative estimate of drug-likeness (QED) is 0.672. The van der Waals surface area contributed by atoms with Crippen LogP contribution in [0.4, 0.5) is 10.1 Å². The predicted molar refractivity (Wildman–Crippen MR) is 95.9 cm³/mol. The first-order valence-electron chi connectivity index (χ1n) is 8.01. The zero-order chi connectivity index (χ0) is 16.5. The number of aromatic nitrogens is 1. The summed E-state index contributed by atoms with van der Waals surface area (Å²) in [7, 11) is 0. The molecule has 2 N–H and O–H groups in total. The average molecular weight is 316 g/mol. The van der Waals surface area contributed by atoms with Crippen molar-refractivity contribution in [2.45, 2.75) is 12.8 Å². The normalized spacial score (nSPS) is 14.8. The Balaban J connectivity index is 1.97. The fourth-order valence-corrected chi connectivity index (χ4v) is 3.28. The molecule has 2 nitrogen and oxygen atoms in total. The van der Waals surface area contributed by atoms with Crippen molar-refractivity contribution in [2.75, 3.05) is 5.73 Å². The topological polar surface area (TPSA) is 38.9 Å². The Kier molecular flexibility index (Phi) is 3.62. The highest BCUT2D eigenvalue weighted by Crippen LogP contribution is 2.34. The zero-order valence-electron chi connectivity index (χ0n) is 13.2. The van der Waals surface area contributed by atoms with Crippen molar-refractivity contribution in [2.24, 2.45) is 0 Å². The number of pyridine rings is 1. The summed E-state index contributed by atoms with van der Waals surface area (Å²) in [6, 6.07) is 16.8. The van der Waals surface area contributed by atoms with Crippen LogP contribution in [0.2, 0.25) is 0 Å².